The minimum absolute atomic E-state index is 0.318. The Kier molecular flexibility index (Phi) is 7.91. The number of hydrogen-bond donors (Lipinski definition) is 2. The Labute approximate surface area is 161 Å². The number of rotatable bonds is 9. The van der Waals surface area contributed by atoms with Crippen molar-refractivity contribution >= 4 is 11.9 Å². The summed E-state index contributed by atoms with van der Waals surface area (Å²) in [6.07, 6.45) is 4.81. The number of methoxy groups -OCH3 is 3. The maximum absolute atomic E-state index is 11.7. The molecule has 1 fully saturated rings. The predicted octanol–water partition coefficient (Wildman–Crippen LogP) is 2.35. The van der Waals surface area contributed by atoms with E-state index in [9.17, 15) is 4.79 Å². The van der Waals surface area contributed by atoms with Crippen LogP contribution in [0, 0.1) is 5.41 Å². The Morgan fingerprint density at radius 2 is 2.00 bits per heavy atom. The van der Waals surface area contributed by atoms with Crippen LogP contribution in [0.25, 0.3) is 0 Å². The van der Waals surface area contributed by atoms with Gasteiger partial charge in [-0.15, -0.1) is 0 Å². The van der Waals surface area contributed by atoms with Crippen molar-refractivity contribution in [1.29, 1.82) is 0 Å². The molecule has 0 aromatic heterocycles. The van der Waals surface area contributed by atoms with Crippen molar-refractivity contribution in [3.05, 3.63) is 29.3 Å². The molecular formula is C20H31N3O4. The van der Waals surface area contributed by atoms with E-state index in [0.29, 0.717) is 23.3 Å². The third kappa shape index (κ3) is 5.60. The Balaban J connectivity index is 1.91. The smallest absolute Gasteiger partial charge is 0.341 e. The average molecular weight is 377 g/mol. The largest absolute Gasteiger partial charge is 0.496 e. The van der Waals surface area contributed by atoms with Crippen LogP contribution in [0.2, 0.25) is 0 Å². The predicted molar refractivity (Wildman–Crippen MR) is 105 cm³/mol. The van der Waals surface area contributed by atoms with Crippen LogP contribution in [-0.4, -0.2) is 53.5 Å². The maximum Gasteiger partial charge on any atom is 0.341 e. The summed E-state index contributed by atoms with van der Waals surface area (Å²) in [5, 5.41) is 6.75. The second-order valence-electron chi connectivity index (χ2n) is 6.90. The number of nitrogens with zero attached hydrogens (tertiary/aromatic N) is 1. The second-order valence-corrected chi connectivity index (χ2v) is 6.90. The first-order valence-electron chi connectivity index (χ1n) is 9.26. The number of carbonyl (C=O) groups excluding carboxylic acids is 1. The lowest BCUT2D eigenvalue weighted by Crippen LogP contribution is -2.46. The number of aliphatic imine (C=N–C) groups is 1. The molecule has 0 spiro atoms. The summed E-state index contributed by atoms with van der Waals surface area (Å²) in [6.45, 7) is 2.25. The molecule has 0 saturated heterocycles. The van der Waals surface area contributed by atoms with Crippen LogP contribution in [0.15, 0.2) is 23.2 Å². The van der Waals surface area contributed by atoms with Gasteiger partial charge in [-0.2, -0.15) is 0 Å². The fourth-order valence-corrected chi connectivity index (χ4v) is 3.31. The Bertz CT molecular complexity index is 657. The monoisotopic (exact) mass is 377 g/mol. The third-order valence-electron chi connectivity index (χ3n) is 5.24. The highest BCUT2D eigenvalue weighted by molar-refractivity contribution is 5.92. The average Bonchev–Trinajstić information content (AvgIpc) is 2.68. The van der Waals surface area contributed by atoms with Gasteiger partial charge < -0.3 is 24.8 Å². The molecule has 27 heavy (non-hydrogen) atoms. The van der Waals surface area contributed by atoms with Crippen LogP contribution in [0.1, 0.15) is 41.6 Å². The molecule has 7 heteroatoms. The van der Waals surface area contributed by atoms with Gasteiger partial charge in [0.1, 0.15) is 11.3 Å². The number of guanidine groups is 1. The summed E-state index contributed by atoms with van der Waals surface area (Å²) in [5.41, 5.74) is 1.72. The van der Waals surface area contributed by atoms with Crippen molar-refractivity contribution in [2.75, 3.05) is 41.5 Å². The van der Waals surface area contributed by atoms with Crippen LogP contribution in [0.5, 0.6) is 5.75 Å². The molecule has 0 heterocycles. The lowest BCUT2D eigenvalue weighted by molar-refractivity contribution is 0.0597. The number of benzene rings is 1. The highest BCUT2D eigenvalue weighted by Crippen LogP contribution is 2.43. The van der Waals surface area contributed by atoms with E-state index in [0.717, 1.165) is 31.1 Å². The van der Waals surface area contributed by atoms with E-state index in [1.54, 1.807) is 20.2 Å². The van der Waals surface area contributed by atoms with E-state index in [4.69, 9.17) is 14.2 Å². The lowest BCUT2D eigenvalue weighted by Gasteiger charge is -2.42. The molecule has 150 valence electrons. The number of nitrogens with one attached hydrogen (secondary N) is 2. The van der Waals surface area contributed by atoms with Gasteiger partial charge in [0.2, 0.25) is 0 Å². The van der Waals surface area contributed by atoms with Gasteiger partial charge in [0.25, 0.3) is 0 Å². The van der Waals surface area contributed by atoms with Gasteiger partial charge in [-0.3, -0.25) is 4.99 Å². The van der Waals surface area contributed by atoms with Gasteiger partial charge in [-0.25, -0.2) is 4.79 Å². The highest BCUT2D eigenvalue weighted by atomic mass is 16.5. The molecule has 0 unspecified atom stereocenters. The SMILES string of the molecule is CN=C(NCc1ccc(C(=O)OC)c(OC)c1)NCC1(CCOC)CCC1. The van der Waals surface area contributed by atoms with Crippen LogP contribution >= 0.6 is 0 Å². The molecule has 1 aromatic carbocycles. The van der Waals surface area contributed by atoms with E-state index >= 15 is 0 Å². The van der Waals surface area contributed by atoms with E-state index < -0.39 is 5.97 Å². The normalized spacial score (nSPS) is 15.6. The quantitative estimate of drug-likeness (QED) is 0.391. The van der Waals surface area contributed by atoms with Gasteiger partial charge >= 0.3 is 5.97 Å². The van der Waals surface area contributed by atoms with Gasteiger partial charge in [0.05, 0.1) is 14.2 Å². The van der Waals surface area contributed by atoms with Gasteiger partial charge in [0, 0.05) is 33.9 Å². The highest BCUT2D eigenvalue weighted by Gasteiger charge is 2.36. The van der Waals surface area contributed by atoms with Crippen molar-refractivity contribution in [1.82, 2.24) is 10.6 Å². The molecule has 2 N–H and O–H groups in total. The summed E-state index contributed by atoms with van der Waals surface area (Å²) in [6, 6.07) is 5.42. The summed E-state index contributed by atoms with van der Waals surface area (Å²) < 4.78 is 15.3. The number of hydrogen-bond acceptors (Lipinski definition) is 5. The summed E-state index contributed by atoms with van der Waals surface area (Å²) in [4.78, 5) is 16.1. The van der Waals surface area contributed by atoms with Crippen molar-refractivity contribution in [3.63, 3.8) is 0 Å². The Hall–Kier alpha value is -2.28. The fourth-order valence-electron chi connectivity index (χ4n) is 3.31. The molecule has 1 aliphatic rings. The molecule has 1 saturated carbocycles. The Morgan fingerprint density at radius 3 is 2.56 bits per heavy atom. The molecule has 7 nitrogen and oxygen atoms in total. The van der Waals surface area contributed by atoms with E-state index in [2.05, 4.69) is 15.6 Å². The molecule has 2 rings (SSSR count). The molecule has 0 aliphatic heterocycles. The third-order valence-corrected chi connectivity index (χ3v) is 5.24. The summed E-state index contributed by atoms with van der Waals surface area (Å²) >= 11 is 0. The van der Waals surface area contributed by atoms with Crippen LogP contribution < -0.4 is 15.4 Å². The van der Waals surface area contributed by atoms with Crippen molar-refractivity contribution in [2.45, 2.75) is 32.2 Å². The molecule has 1 aromatic rings. The molecule has 0 radical (unpaired) electrons. The van der Waals surface area contributed by atoms with Crippen LogP contribution in [-0.2, 0) is 16.0 Å². The zero-order valence-electron chi connectivity index (χ0n) is 16.8. The topological polar surface area (TPSA) is 81.2 Å². The summed E-state index contributed by atoms with van der Waals surface area (Å²) in [7, 11) is 6.41. The van der Waals surface area contributed by atoms with E-state index in [1.165, 1.54) is 33.5 Å². The van der Waals surface area contributed by atoms with Crippen LogP contribution in [0.3, 0.4) is 0 Å². The van der Waals surface area contributed by atoms with Gasteiger partial charge in [-0.05, 0) is 42.4 Å². The molecular weight excluding hydrogens is 346 g/mol. The first kappa shape index (κ1) is 21.0. The first-order chi connectivity index (χ1) is 13.1. The number of carbonyl (C=O) groups is 1. The zero-order chi connectivity index (χ0) is 19.7. The van der Waals surface area contributed by atoms with E-state index in [-0.39, 0.29) is 0 Å². The lowest BCUT2D eigenvalue weighted by atomic mass is 9.67. The summed E-state index contributed by atoms with van der Waals surface area (Å²) in [5.74, 6) is 0.845. The van der Waals surface area contributed by atoms with Crippen molar-refractivity contribution in [3.8, 4) is 5.75 Å². The van der Waals surface area contributed by atoms with E-state index in [1.807, 2.05) is 12.1 Å². The minimum atomic E-state index is -0.411. The molecule has 1 aliphatic carbocycles. The van der Waals surface area contributed by atoms with Crippen LogP contribution in [0.4, 0.5) is 0 Å². The maximum atomic E-state index is 11.7. The minimum Gasteiger partial charge on any atom is -0.496 e. The fraction of sp³-hybridized carbons (Fsp3) is 0.600. The van der Waals surface area contributed by atoms with Crippen molar-refractivity contribution in [2.24, 2.45) is 10.4 Å². The first-order valence-corrected chi connectivity index (χ1v) is 9.26. The number of esters is 1. The molecule has 0 atom stereocenters. The standard InChI is InChI=1S/C20H31N3O4/c1-21-19(23-14-20(8-5-9-20)10-11-25-2)22-13-15-6-7-16(18(24)27-4)17(12-15)26-3/h6-7,12H,5,8-11,13-14H2,1-4H3,(H2,21,22,23). The number of ether oxygens (including phenoxy) is 3. The van der Waals surface area contributed by atoms with Gasteiger partial charge in [0.15, 0.2) is 5.96 Å². The second kappa shape index (κ2) is 10.2. The van der Waals surface area contributed by atoms with Gasteiger partial charge in [-0.1, -0.05) is 12.5 Å². The zero-order valence-corrected chi connectivity index (χ0v) is 16.8. The molecule has 0 bridgehead atoms. The van der Waals surface area contributed by atoms with Crippen molar-refractivity contribution < 1.29 is 19.0 Å². The molecule has 0 amide bonds. The Morgan fingerprint density at radius 1 is 1.22 bits per heavy atom.